The highest BCUT2D eigenvalue weighted by Gasteiger charge is 2.39. The fourth-order valence-corrected chi connectivity index (χ4v) is 1.52. The predicted molar refractivity (Wildman–Crippen MR) is 49.1 cm³/mol. The monoisotopic (exact) mass is 235 g/mol. The summed E-state index contributed by atoms with van der Waals surface area (Å²) in [6, 6.07) is 4.73. The van der Waals surface area contributed by atoms with E-state index < -0.39 is 18.7 Å². The molecule has 0 saturated heterocycles. The Hall–Kier alpha value is -1.06. The Morgan fingerprint density at radius 2 is 2.27 bits per heavy atom. The molecule has 82 valence electrons. The smallest absolute Gasteiger partial charge is 0.374 e. The number of hydrogen-bond acceptors (Lipinski definition) is 3. The van der Waals surface area contributed by atoms with Crippen molar-refractivity contribution in [2.24, 2.45) is 5.92 Å². The Kier molecular flexibility index (Phi) is 4.12. The molecule has 0 aliphatic rings. The van der Waals surface area contributed by atoms with Gasteiger partial charge < -0.3 is 4.74 Å². The van der Waals surface area contributed by atoms with Crippen molar-refractivity contribution in [1.82, 2.24) is 0 Å². The van der Waals surface area contributed by atoms with Crippen LogP contribution in [0, 0.1) is 17.2 Å². The molecule has 1 heterocycles. The van der Waals surface area contributed by atoms with Gasteiger partial charge in [-0.15, -0.1) is 11.3 Å². The van der Waals surface area contributed by atoms with Crippen molar-refractivity contribution in [1.29, 1.82) is 5.26 Å². The highest BCUT2D eigenvalue weighted by Crippen LogP contribution is 2.26. The Bertz CT molecular complexity index is 328. The van der Waals surface area contributed by atoms with E-state index in [9.17, 15) is 13.2 Å². The summed E-state index contributed by atoms with van der Waals surface area (Å²) >= 11 is 1.40. The SMILES string of the molecule is N#CC(COCc1cccs1)C(F)(F)F. The quantitative estimate of drug-likeness (QED) is 0.803. The van der Waals surface area contributed by atoms with Gasteiger partial charge in [0.2, 0.25) is 0 Å². The zero-order valence-electron chi connectivity index (χ0n) is 7.62. The van der Waals surface area contributed by atoms with Crippen LogP contribution in [0.3, 0.4) is 0 Å². The van der Waals surface area contributed by atoms with Crippen molar-refractivity contribution in [3.8, 4) is 6.07 Å². The van der Waals surface area contributed by atoms with Gasteiger partial charge in [0.05, 0.1) is 19.3 Å². The molecule has 1 aromatic rings. The molecule has 0 radical (unpaired) electrons. The molecule has 0 aliphatic carbocycles. The fourth-order valence-electron chi connectivity index (χ4n) is 0.877. The van der Waals surface area contributed by atoms with E-state index in [0.29, 0.717) is 0 Å². The summed E-state index contributed by atoms with van der Waals surface area (Å²) in [4.78, 5) is 0.842. The first-order valence-electron chi connectivity index (χ1n) is 4.10. The third-order valence-corrected chi connectivity index (χ3v) is 2.51. The van der Waals surface area contributed by atoms with Crippen LogP contribution in [0.2, 0.25) is 0 Å². The lowest BCUT2D eigenvalue weighted by molar-refractivity contribution is -0.172. The summed E-state index contributed by atoms with van der Waals surface area (Å²) in [7, 11) is 0. The molecule has 0 N–H and O–H groups in total. The summed E-state index contributed by atoms with van der Waals surface area (Å²) < 4.78 is 41.1. The van der Waals surface area contributed by atoms with E-state index in [2.05, 4.69) is 0 Å². The van der Waals surface area contributed by atoms with Crippen LogP contribution in [0.25, 0.3) is 0 Å². The van der Waals surface area contributed by atoms with Crippen molar-refractivity contribution in [3.05, 3.63) is 22.4 Å². The van der Waals surface area contributed by atoms with E-state index in [1.807, 2.05) is 5.38 Å². The first-order valence-corrected chi connectivity index (χ1v) is 4.98. The summed E-state index contributed by atoms with van der Waals surface area (Å²) in [5.74, 6) is -2.04. The minimum Gasteiger partial charge on any atom is -0.374 e. The van der Waals surface area contributed by atoms with Gasteiger partial charge >= 0.3 is 6.18 Å². The Morgan fingerprint density at radius 3 is 2.73 bits per heavy atom. The van der Waals surface area contributed by atoms with Gasteiger partial charge in [0.25, 0.3) is 0 Å². The third-order valence-electron chi connectivity index (χ3n) is 1.66. The predicted octanol–water partition coefficient (Wildman–Crippen LogP) is 2.97. The summed E-state index contributed by atoms with van der Waals surface area (Å²) in [5, 5.41) is 10.1. The second kappa shape index (κ2) is 5.14. The molecule has 0 amide bonds. The molecule has 1 unspecified atom stereocenters. The minimum atomic E-state index is -4.51. The highest BCUT2D eigenvalue weighted by molar-refractivity contribution is 7.09. The van der Waals surface area contributed by atoms with Crippen molar-refractivity contribution in [2.75, 3.05) is 6.61 Å². The van der Waals surface area contributed by atoms with Crippen LogP contribution >= 0.6 is 11.3 Å². The number of alkyl halides is 3. The first kappa shape index (κ1) is 12.0. The molecule has 0 spiro atoms. The van der Waals surface area contributed by atoms with Gasteiger partial charge in [0.15, 0.2) is 5.92 Å². The lowest BCUT2D eigenvalue weighted by Gasteiger charge is -2.12. The number of rotatable bonds is 4. The van der Waals surface area contributed by atoms with E-state index in [0.717, 1.165) is 4.88 Å². The fraction of sp³-hybridized carbons (Fsp3) is 0.444. The summed E-state index contributed by atoms with van der Waals surface area (Å²) in [6.07, 6.45) is -4.51. The van der Waals surface area contributed by atoms with Gasteiger partial charge in [-0.3, -0.25) is 0 Å². The van der Waals surface area contributed by atoms with Crippen LogP contribution < -0.4 is 0 Å². The van der Waals surface area contributed by atoms with E-state index in [4.69, 9.17) is 10.00 Å². The molecule has 15 heavy (non-hydrogen) atoms. The lowest BCUT2D eigenvalue weighted by atomic mass is 10.2. The number of ether oxygens (including phenoxy) is 1. The topological polar surface area (TPSA) is 33.0 Å². The number of nitriles is 1. The molecule has 0 bridgehead atoms. The van der Waals surface area contributed by atoms with Crippen LogP contribution in [0.5, 0.6) is 0 Å². The van der Waals surface area contributed by atoms with Gasteiger partial charge in [-0.25, -0.2) is 0 Å². The Labute approximate surface area is 88.9 Å². The van der Waals surface area contributed by atoms with Crippen molar-refractivity contribution >= 4 is 11.3 Å². The largest absolute Gasteiger partial charge is 0.406 e. The van der Waals surface area contributed by atoms with Gasteiger partial charge in [-0.2, -0.15) is 18.4 Å². The van der Waals surface area contributed by atoms with Crippen molar-refractivity contribution in [3.63, 3.8) is 0 Å². The molecule has 0 aromatic carbocycles. The van der Waals surface area contributed by atoms with Crippen LogP contribution in [0.15, 0.2) is 17.5 Å². The van der Waals surface area contributed by atoms with Gasteiger partial charge in [-0.1, -0.05) is 6.07 Å². The molecule has 0 aliphatic heterocycles. The van der Waals surface area contributed by atoms with E-state index in [-0.39, 0.29) is 6.61 Å². The maximum atomic E-state index is 12.1. The number of halogens is 3. The molecule has 1 atom stereocenters. The number of thiophene rings is 1. The maximum absolute atomic E-state index is 12.1. The minimum absolute atomic E-state index is 0.117. The number of hydrogen-bond donors (Lipinski definition) is 0. The average molecular weight is 235 g/mol. The van der Waals surface area contributed by atoms with Crippen LogP contribution in [-0.2, 0) is 11.3 Å². The molecule has 0 fully saturated rings. The average Bonchev–Trinajstić information content (AvgIpc) is 2.62. The zero-order valence-corrected chi connectivity index (χ0v) is 8.44. The van der Waals surface area contributed by atoms with Crippen LogP contribution in [-0.4, -0.2) is 12.8 Å². The number of nitrogens with zero attached hydrogens (tertiary/aromatic N) is 1. The van der Waals surface area contributed by atoms with Gasteiger partial charge in [0, 0.05) is 4.88 Å². The normalized spacial score (nSPS) is 13.5. The standard InChI is InChI=1S/C9H8F3NOS/c10-9(11,12)7(4-13)5-14-6-8-2-1-3-15-8/h1-3,7H,5-6H2. The second-order valence-electron chi connectivity index (χ2n) is 2.82. The lowest BCUT2D eigenvalue weighted by Crippen LogP contribution is -2.25. The third kappa shape index (κ3) is 3.90. The molecular formula is C9H8F3NOS. The van der Waals surface area contributed by atoms with Crippen LogP contribution in [0.1, 0.15) is 4.88 Å². The maximum Gasteiger partial charge on any atom is 0.406 e. The molecule has 1 aromatic heterocycles. The molecular weight excluding hydrogens is 227 g/mol. The van der Waals surface area contributed by atoms with Crippen molar-refractivity contribution < 1.29 is 17.9 Å². The molecule has 1 rings (SSSR count). The molecule has 2 nitrogen and oxygen atoms in total. The Balaban J connectivity index is 2.34. The van der Waals surface area contributed by atoms with E-state index >= 15 is 0 Å². The first-order chi connectivity index (χ1) is 7.04. The van der Waals surface area contributed by atoms with Gasteiger partial charge in [0.1, 0.15) is 0 Å². The Morgan fingerprint density at radius 1 is 1.53 bits per heavy atom. The second-order valence-corrected chi connectivity index (χ2v) is 3.85. The zero-order chi connectivity index (χ0) is 11.3. The molecule has 0 saturated carbocycles. The van der Waals surface area contributed by atoms with E-state index in [1.165, 1.54) is 17.4 Å². The van der Waals surface area contributed by atoms with E-state index in [1.54, 1.807) is 12.1 Å². The van der Waals surface area contributed by atoms with Gasteiger partial charge in [-0.05, 0) is 11.4 Å². The highest BCUT2D eigenvalue weighted by atomic mass is 32.1. The van der Waals surface area contributed by atoms with Crippen LogP contribution in [0.4, 0.5) is 13.2 Å². The van der Waals surface area contributed by atoms with Crippen molar-refractivity contribution in [2.45, 2.75) is 12.8 Å². The molecule has 6 heteroatoms. The summed E-state index contributed by atoms with van der Waals surface area (Å²) in [5.41, 5.74) is 0. The summed E-state index contributed by atoms with van der Waals surface area (Å²) in [6.45, 7) is -0.496.